The van der Waals surface area contributed by atoms with Gasteiger partial charge in [0.1, 0.15) is 5.72 Å². The van der Waals surface area contributed by atoms with Gasteiger partial charge in [0.2, 0.25) is 0 Å². The molecule has 0 atom stereocenters. The first-order valence-corrected chi connectivity index (χ1v) is 4.62. The summed E-state index contributed by atoms with van der Waals surface area (Å²) in [6, 6.07) is 0. The van der Waals surface area contributed by atoms with Crippen LogP contribution in [-0.2, 0) is 9.09 Å². The molecule has 0 unspecified atom stereocenters. The molecule has 5 nitrogen and oxygen atoms in total. The second-order valence-electron chi connectivity index (χ2n) is 2.92. The first-order valence-electron chi connectivity index (χ1n) is 3.09. The highest BCUT2D eigenvalue weighted by Gasteiger charge is 2.30. The fourth-order valence-electron chi connectivity index (χ4n) is 0.373. The zero-order valence-corrected chi connectivity index (χ0v) is 8.00. The SMILES string of the molecule is CN(C)C(C)(C)OP(=O)(O)O. The molecule has 0 aromatic rings. The summed E-state index contributed by atoms with van der Waals surface area (Å²) in [5.74, 6) is 0. The Morgan fingerprint density at radius 3 is 1.82 bits per heavy atom. The molecule has 11 heavy (non-hydrogen) atoms. The topological polar surface area (TPSA) is 70.0 Å². The fourth-order valence-corrected chi connectivity index (χ4v) is 1.12. The molecule has 0 heterocycles. The van der Waals surface area contributed by atoms with Crippen molar-refractivity contribution >= 4 is 7.82 Å². The molecular weight excluding hydrogens is 169 g/mol. The van der Waals surface area contributed by atoms with Crippen molar-refractivity contribution in [3.63, 3.8) is 0 Å². The van der Waals surface area contributed by atoms with Gasteiger partial charge in [-0.05, 0) is 27.9 Å². The van der Waals surface area contributed by atoms with Gasteiger partial charge in [-0.25, -0.2) is 4.57 Å². The quantitative estimate of drug-likeness (QED) is 0.489. The second kappa shape index (κ2) is 3.21. The average Bonchev–Trinajstić information content (AvgIpc) is 1.56. The number of nitrogens with zero attached hydrogens (tertiary/aromatic N) is 1. The number of phosphoric ester groups is 1. The van der Waals surface area contributed by atoms with Gasteiger partial charge in [0, 0.05) is 0 Å². The summed E-state index contributed by atoms with van der Waals surface area (Å²) in [5, 5.41) is 0. The molecule has 2 N–H and O–H groups in total. The third kappa shape index (κ3) is 4.50. The molecule has 68 valence electrons. The maximum atomic E-state index is 10.4. The van der Waals surface area contributed by atoms with Crippen molar-refractivity contribution in [2.24, 2.45) is 0 Å². The van der Waals surface area contributed by atoms with Crippen LogP contribution in [0.1, 0.15) is 13.8 Å². The molecule has 6 heteroatoms. The molecule has 0 saturated carbocycles. The van der Waals surface area contributed by atoms with Crippen LogP contribution >= 0.6 is 7.82 Å². The van der Waals surface area contributed by atoms with Crippen LogP contribution in [0.25, 0.3) is 0 Å². The summed E-state index contributed by atoms with van der Waals surface area (Å²) in [4.78, 5) is 18.5. The van der Waals surface area contributed by atoms with Gasteiger partial charge in [-0.1, -0.05) is 0 Å². The fraction of sp³-hybridized carbons (Fsp3) is 1.00. The number of hydrogen-bond acceptors (Lipinski definition) is 3. The Bertz CT molecular complexity index is 173. The molecule has 0 aliphatic heterocycles. The lowest BCUT2D eigenvalue weighted by molar-refractivity contribution is -0.0437. The van der Waals surface area contributed by atoms with Crippen molar-refractivity contribution in [3.8, 4) is 0 Å². The Morgan fingerprint density at radius 2 is 1.73 bits per heavy atom. The number of rotatable bonds is 3. The lowest BCUT2D eigenvalue weighted by Gasteiger charge is -2.31. The van der Waals surface area contributed by atoms with E-state index < -0.39 is 13.5 Å². The summed E-state index contributed by atoms with van der Waals surface area (Å²) in [6.45, 7) is 3.15. The Morgan fingerprint density at radius 1 is 1.36 bits per heavy atom. The van der Waals surface area contributed by atoms with Crippen molar-refractivity contribution in [2.75, 3.05) is 14.1 Å². The second-order valence-corrected chi connectivity index (χ2v) is 4.09. The van der Waals surface area contributed by atoms with Crippen LogP contribution in [0, 0.1) is 0 Å². The maximum absolute atomic E-state index is 10.4. The summed E-state index contributed by atoms with van der Waals surface area (Å²) in [6.07, 6.45) is 0. The van der Waals surface area contributed by atoms with E-state index in [0.29, 0.717) is 0 Å². The van der Waals surface area contributed by atoms with Crippen molar-refractivity contribution < 1.29 is 18.9 Å². The van der Waals surface area contributed by atoms with Crippen LogP contribution < -0.4 is 0 Å². The Hall–Kier alpha value is 0.0700. The van der Waals surface area contributed by atoms with E-state index in [4.69, 9.17) is 9.79 Å². The third-order valence-electron chi connectivity index (χ3n) is 1.42. The van der Waals surface area contributed by atoms with Crippen molar-refractivity contribution in [1.29, 1.82) is 0 Å². The van der Waals surface area contributed by atoms with E-state index in [0.717, 1.165) is 0 Å². The van der Waals surface area contributed by atoms with E-state index in [-0.39, 0.29) is 0 Å². The van der Waals surface area contributed by atoms with E-state index in [9.17, 15) is 4.57 Å². The van der Waals surface area contributed by atoms with Gasteiger partial charge in [0.15, 0.2) is 0 Å². The first kappa shape index (κ1) is 11.1. The lowest BCUT2D eigenvalue weighted by Crippen LogP contribution is -2.39. The molecule has 0 fully saturated rings. The lowest BCUT2D eigenvalue weighted by atomic mass is 10.3. The zero-order valence-electron chi connectivity index (χ0n) is 7.11. The highest BCUT2D eigenvalue weighted by molar-refractivity contribution is 7.46. The number of phosphoric acid groups is 1. The molecule has 0 radical (unpaired) electrons. The zero-order chi connectivity index (χ0) is 9.28. The van der Waals surface area contributed by atoms with Crippen LogP contribution in [0.5, 0.6) is 0 Å². The van der Waals surface area contributed by atoms with Crippen LogP contribution in [0.4, 0.5) is 0 Å². The largest absolute Gasteiger partial charge is 0.471 e. The van der Waals surface area contributed by atoms with Crippen LogP contribution in [-0.4, -0.2) is 34.5 Å². The minimum Gasteiger partial charge on any atom is -0.303 e. The Balaban J connectivity index is 4.25. The van der Waals surface area contributed by atoms with Gasteiger partial charge in [-0.3, -0.25) is 9.42 Å². The van der Waals surface area contributed by atoms with Crippen LogP contribution in [0.3, 0.4) is 0 Å². The maximum Gasteiger partial charge on any atom is 0.471 e. The summed E-state index contributed by atoms with van der Waals surface area (Å²) in [7, 11) is -1.03. The molecule has 0 bridgehead atoms. The van der Waals surface area contributed by atoms with Crippen molar-refractivity contribution in [1.82, 2.24) is 4.90 Å². The van der Waals surface area contributed by atoms with E-state index in [2.05, 4.69) is 4.52 Å². The predicted molar refractivity (Wildman–Crippen MR) is 40.9 cm³/mol. The summed E-state index contributed by atoms with van der Waals surface area (Å²) in [5.41, 5.74) is -0.945. The van der Waals surface area contributed by atoms with E-state index >= 15 is 0 Å². The van der Waals surface area contributed by atoms with E-state index in [1.165, 1.54) is 0 Å². The van der Waals surface area contributed by atoms with Crippen LogP contribution in [0.2, 0.25) is 0 Å². The van der Waals surface area contributed by atoms with Crippen molar-refractivity contribution in [2.45, 2.75) is 19.6 Å². The molecule has 0 amide bonds. The minimum atomic E-state index is -4.38. The molecule has 0 rings (SSSR count). The normalized spacial score (nSPS) is 14.1. The smallest absolute Gasteiger partial charge is 0.303 e. The van der Waals surface area contributed by atoms with Gasteiger partial charge in [-0.2, -0.15) is 0 Å². The summed E-state index contributed by atoms with van der Waals surface area (Å²) >= 11 is 0. The Kier molecular flexibility index (Phi) is 3.23. The Labute approximate surface area is 66.2 Å². The molecule has 0 aromatic heterocycles. The molecule has 0 saturated heterocycles. The third-order valence-corrected chi connectivity index (χ3v) is 2.10. The van der Waals surface area contributed by atoms with Gasteiger partial charge >= 0.3 is 7.82 Å². The van der Waals surface area contributed by atoms with Gasteiger partial charge in [-0.15, -0.1) is 0 Å². The van der Waals surface area contributed by atoms with E-state index in [1.54, 1.807) is 32.8 Å². The molecule has 0 aliphatic rings. The van der Waals surface area contributed by atoms with Crippen molar-refractivity contribution in [3.05, 3.63) is 0 Å². The van der Waals surface area contributed by atoms with E-state index in [1.807, 2.05) is 0 Å². The standard InChI is InChI=1S/C5H14NO4P/c1-5(2,6(3)4)10-11(7,8)9/h1-4H3,(H2,7,8,9). The highest BCUT2D eigenvalue weighted by Crippen LogP contribution is 2.41. The van der Waals surface area contributed by atoms with Gasteiger partial charge in [0.25, 0.3) is 0 Å². The minimum absolute atomic E-state index is 0.945. The molecular formula is C5H14NO4P. The number of hydrogen-bond donors (Lipinski definition) is 2. The van der Waals surface area contributed by atoms with Gasteiger partial charge < -0.3 is 9.79 Å². The monoisotopic (exact) mass is 183 g/mol. The molecule has 0 spiro atoms. The summed E-state index contributed by atoms with van der Waals surface area (Å²) < 4.78 is 14.9. The highest BCUT2D eigenvalue weighted by atomic mass is 31.2. The molecule has 0 aromatic carbocycles. The van der Waals surface area contributed by atoms with Crippen LogP contribution in [0.15, 0.2) is 0 Å². The molecule has 0 aliphatic carbocycles. The average molecular weight is 183 g/mol. The predicted octanol–water partition coefficient (Wildman–Crippen LogP) is 0.393. The van der Waals surface area contributed by atoms with Gasteiger partial charge in [0.05, 0.1) is 0 Å². The first-order chi connectivity index (χ1) is 4.65.